The SMILES string of the molecule is Cc1cc(C)n2c(C(=O)NCCCn3nc(C)nc3C)nnc2n1. The van der Waals surface area contributed by atoms with Crippen LogP contribution >= 0.6 is 0 Å². The van der Waals surface area contributed by atoms with Crippen LogP contribution in [0.25, 0.3) is 5.78 Å². The minimum atomic E-state index is -0.261. The van der Waals surface area contributed by atoms with E-state index in [9.17, 15) is 4.79 Å². The lowest BCUT2D eigenvalue weighted by Gasteiger charge is -2.06. The first kappa shape index (κ1) is 16.0. The Hall–Kier alpha value is -2.84. The molecule has 0 bridgehead atoms. The van der Waals surface area contributed by atoms with Crippen molar-refractivity contribution >= 4 is 11.7 Å². The van der Waals surface area contributed by atoms with E-state index < -0.39 is 0 Å². The standard InChI is InChI=1S/C15H20N8O/c1-9-8-10(2)23-13(19-20-15(23)17-9)14(24)16-6-5-7-22-12(4)18-11(3)21-22/h8H,5-7H2,1-4H3,(H,16,24). The summed E-state index contributed by atoms with van der Waals surface area (Å²) < 4.78 is 3.50. The summed E-state index contributed by atoms with van der Waals surface area (Å²) in [6, 6.07) is 1.89. The molecule has 1 N–H and O–H groups in total. The summed E-state index contributed by atoms with van der Waals surface area (Å²) in [5.41, 5.74) is 1.72. The Labute approximate surface area is 139 Å². The molecule has 0 spiro atoms. The summed E-state index contributed by atoms with van der Waals surface area (Å²) in [7, 11) is 0. The fourth-order valence-corrected chi connectivity index (χ4v) is 2.66. The van der Waals surface area contributed by atoms with E-state index in [1.54, 1.807) is 4.40 Å². The predicted molar refractivity (Wildman–Crippen MR) is 86.7 cm³/mol. The summed E-state index contributed by atoms with van der Waals surface area (Å²) in [4.78, 5) is 20.9. The summed E-state index contributed by atoms with van der Waals surface area (Å²) >= 11 is 0. The molecule has 0 aromatic carbocycles. The monoisotopic (exact) mass is 328 g/mol. The molecule has 3 heterocycles. The highest BCUT2D eigenvalue weighted by Gasteiger charge is 2.16. The van der Waals surface area contributed by atoms with Gasteiger partial charge in [-0.15, -0.1) is 10.2 Å². The minimum absolute atomic E-state index is 0.253. The van der Waals surface area contributed by atoms with Gasteiger partial charge in [-0.2, -0.15) is 5.10 Å². The average molecular weight is 328 g/mol. The number of carbonyl (C=O) groups excluding carboxylic acids is 1. The predicted octanol–water partition coefficient (Wildman–Crippen LogP) is 0.770. The molecule has 0 atom stereocenters. The Kier molecular flexibility index (Phi) is 4.24. The molecule has 0 fully saturated rings. The Morgan fingerprint density at radius 1 is 1.17 bits per heavy atom. The molecule has 0 saturated carbocycles. The Bertz CT molecular complexity index is 894. The molecular formula is C15H20N8O. The van der Waals surface area contributed by atoms with Crippen molar-refractivity contribution in [3.8, 4) is 0 Å². The van der Waals surface area contributed by atoms with E-state index >= 15 is 0 Å². The molecule has 24 heavy (non-hydrogen) atoms. The van der Waals surface area contributed by atoms with E-state index in [1.807, 2.05) is 38.4 Å². The van der Waals surface area contributed by atoms with Crippen molar-refractivity contribution in [2.24, 2.45) is 0 Å². The number of hydrogen-bond acceptors (Lipinski definition) is 6. The first-order valence-electron chi connectivity index (χ1n) is 7.81. The first-order chi connectivity index (χ1) is 11.5. The Balaban J connectivity index is 1.62. The van der Waals surface area contributed by atoms with Crippen LogP contribution in [-0.4, -0.2) is 46.8 Å². The van der Waals surface area contributed by atoms with Crippen LogP contribution in [0.15, 0.2) is 6.07 Å². The molecule has 0 unspecified atom stereocenters. The fourth-order valence-electron chi connectivity index (χ4n) is 2.66. The van der Waals surface area contributed by atoms with Crippen LogP contribution in [0.2, 0.25) is 0 Å². The molecule has 0 aliphatic rings. The molecule has 9 nitrogen and oxygen atoms in total. The normalized spacial score (nSPS) is 11.2. The van der Waals surface area contributed by atoms with E-state index in [0.29, 0.717) is 18.9 Å². The highest BCUT2D eigenvalue weighted by molar-refractivity contribution is 5.91. The van der Waals surface area contributed by atoms with E-state index in [2.05, 4.69) is 30.6 Å². The van der Waals surface area contributed by atoms with Crippen molar-refractivity contribution in [1.82, 2.24) is 39.7 Å². The zero-order chi connectivity index (χ0) is 17.3. The van der Waals surface area contributed by atoms with Gasteiger partial charge in [0.1, 0.15) is 11.6 Å². The van der Waals surface area contributed by atoms with Crippen molar-refractivity contribution in [3.05, 3.63) is 34.9 Å². The molecule has 3 aromatic heterocycles. The van der Waals surface area contributed by atoms with Crippen LogP contribution in [-0.2, 0) is 6.54 Å². The van der Waals surface area contributed by atoms with Crippen LogP contribution in [0, 0.1) is 27.7 Å². The van der Waals surface area contributed by atoms with Gasteiger partial charge in [0.2, 0.25) is 5.82 Å². The van der Waals surface area contributed by atoms with Gasteiger partial charge in [-0.1, -0.05) is 0 Å². The second kappa shape index (κ2) is 6.34. The zero-order valence-electron chi connectivity index (χ0n) is 14.2. The molecule has 0 saturated heterocycles. The topological polar surface area (TPSA) is 103 Å². The van der Waals surface area contributed by atoms with Crippen LogP contribution in [0.4, 0.5) is 0 Å². The lowest BCUT2D eigenvalue weighted by molar-refractivity contribution is 0.0940. The molecule has 3 rings (SSSR count). The molecule has 9 heteroatoms. The molecular weight excluding hydrogens is 308 g/mol. The largest absolute Gasteiger partial charge is 0.349 e. The maximum atomic E-state index is 12.3. The summed E-state index contributed by atoms with van der Waals surface area (Å²) in [5.74, 6) is 2.06. The average Bonchev–Trinajstić information content (AvgIpc) is 3.06. The highest BCUT2D eigenvalue weighted by Crippen LogP contribution is 2.08. The van der Waals surface area contributed by atoms with E-state index in [-0.39, 0.29) is 11.7 Å². The van der Waals surface area contributed by atoms with E-state index in [0.717, 1.165) is 29.5 Å². The van der Waals surface area contributed by atoms with Crippen molar-refractivity contribution in [2.75, 3.05) is 6.54 Å². The van der Waals surface area contributed by atoms with Crippen LogP contribution in [0.5, 0.6) is 0 Å². The second-order valence-corrected chi connectivity index (χ2v) is 5.74. The Morgan fingerprint density at radius 3 is 2.67 bits per heavy atom. The van der Waals surface area contributed by atoms with Crippen molar-refractivity contribution in [2.45, 2.75) is 40.7 Å². The van der Waals surface area contributed by atoms with E-state index in [4.69, 9.17) is 0 Å². The van der Waals surface area contributed by atoms with Crippen LogP contribution < -0.4 is 5.32 Å². The maximum absolute atomic E-state index is 12.3. The summed E-state index contributed by atoms with van der Waals surface area (Å²) in [6.07, 6.45) is 0.752. The third-order valence-electron chi connectivity index (χ3n) is 3.69. The smallest absolute Gasteiger partial charge is 0.289 e. The molecule has 0 aliphatic carbocycles. The lowest BCUT2D eigenvalue weighted by atomic mass is 10.3. The number of fused-ring (bicyclic) bond motifs is 1. The number of hydrogen-bond donors (Lipinski definition) is 1. The maximum Gasteiger partial charge on any atom is 0.289 e. The Morgan fingerprint density at radius 2 is 1.96 bits per heavy atom. The molecule has 0 radical (unpaired) electrons. The van der Waals surface area contributed by atoms with Gasteiger partial charge in [-0.25, -0.2) is 9.97 Å². The fraction of sp³-hybridized carbons (Fsp3) is 0.467. The second-order valence-electron chi connectivity index (χ2n) is 5.74. The van der Waals surface area contributed by atoms with Gasteiger partial charge >= 0.3 is 0 Å². The van der Waals surface area contributed by atoms with Crippen LogP contribution in [0.1, 0.15) is 40.1 Å². The number of nitrogens with one attached hydrogen (secondary N) is 1. The lowest BCUT2D eigenvalue weighted by Crippen LogP contribution is -2.27. The number of carbonyl (C=O) groups is 1. The van der Waals surface area contributed by atoms with Gasteiger partial charge in [0.25, 0.3) is 11.7 Å². The first-order valence-corrected chi connectivity index (χ1v) is 7.81. The quantitative estimate of drug-likeness (QED) is 0.694. The third-order valence-corrected chi connectivity index (χ3v) is 3.69. The van der Waals surface area contributed by atoms with Crippen molar-refractivity contribution < 1.29 is 4.79 Å². The number of rotatable bonds is 5. The van der Waals surface area contributed by atoms with Gasteiger partial charge in [0.05, 0.1) is 0 Å². The number of amides is 1. The molecule has 3 aromatic rings. The van der Waals surface area contributed by atoms with Crippen LogP contribution in [0.3, 0.4) is 0 Å². The molecule has 126 valence electrons. The third kappa shape index (κ3) is 3.10. The van der Waals surface area contributed by atoms with Gasteiger partial charge in [-0.3, -0.25) is 13.9 Å². The van der Waals surface area contributed by atoms with E-state index in [1.165, 1.54) is 0 Å². The summed E-state index contributed by atoms with van der Waals surface area (Å²) in [6.45, 7) is 8.78. The molecule has 1 amide bonds. The van der Waals surface area contributed by atoms with Gasteiger partial charge < -0.3 is 5.32 Å². The molecule has 0 aliphatic heterocycles. The van der Waals surface area contributed by atoms with Gasteiger partial charge in [-0.05, 0) is 40.2 Å². The van der Waals surface area contributed by atoms with Gasteiger partial charge in [0.15, 0.2) is 0 Å². The van der Waals surface area contributed by atoms with Gasteiger partial charge in [0, 0.05) is 24.5 Å². The minimum Gasteiger partial charge on any atom is -0.349 e. The zero-order valence-corrected chi connectivity index (χ0v) is 14.2. The summed E-state index contributed by atoms with van der Waals surface area (Å²) in [5, 5.41) is 15.1. The number of nitrogens with zero attached hydrogens (tertiary/aromatic N) is 7. The van der Waals surface area contributed by atoms with Crippen molar-refractivity contribution in [3.63, 3.8) is 0 Å². The number of aryl methyl sites for hydroxylation is 5. The number of aromatic nitrogens is 7. The highest BCUT2D eigenvalue weighted by atomic mass is 16.2. The van der Waals surface area contributed by atoms with Crippen molar-refractivity contribution in [1.29, 1.82) is 0 Å².